The molecule has 0 unspecified atom stereocenters. The molecule has 29 heavy (non-hydrogen) atoms. The highest BCUT2D eigenvalue weighted by Gasteiger charge is 2.34. The number of hydrogen-bond acceptors (Lipinski definition) is 4. The fourth-order valence-corrected chi connectivity index (χ4v) is 3.49. The standard InChI is InChI=1S/C23H28N2O4/c1-23(2,3)29-22(27)25-20-18(13-17-11-7-8-12-19(17)20)14-24-21(26)28-15-16-9-5-4-6-10-16/h4-12,18,20H,13-15H2,1-3H3,(H,24,26)(H,25,27)/t18-,20-/m1/s1. The van der Waals surface area contributed by atoms with Gasteiger partial charge in [0.15, 0.2) is 0 Å². The van der Waals surface area contributed by atoms with E-state index in [4.69, 9.17) is 9.47 Å². The summed E-state index contributed by atoms with van der Waals surface area (Å²) in [5.41, 5.74) is 2.58. The zero-order chi connectivity index (χ0) is 20.9. The van der Waals surface area contributed by atoms with Crippen LogP contribution in [0.25, 0.3) is 0 Å². The van der Waals surface area contributed by atoms with E-state index in [2.05, 4.69) is 10.6 Å². The predicted molar refractivity (Wildman–Crippen MR) is 110 cm³/mol. The van der Waals surface area contributed by atoms with Gasteiger partial charge in [-0.25, -0.2) is 9.59 Å². The van der Waals surface area contributed by atoms with Gasteiger partial charge in [0.25, 0.3) is 0 Å². The Hall–Kier alpha value is -3.02. The number of carbonyl (C=O) groups is 2. The number of hydrogen-bond donors (Lipinski definition) is 2. The topological polar surface area (TPSA) is 76.7 Å². The van der Waals surface area contributed by atoms with Gasteiger partial charge in [0.1, 0.15) is 12.2 Å². The van der Waals surface area contributed by atoms with Gasteiger partial charge in [-0.05, 0) is 43.9 Å². The Balaban J connectivity index is 1.58. The first-order valence-corrected chi connectivity index (χ1v) is 9.84. The van der Waals surface area contributed by atoms with E-state index >= 15 is 0 Å². The maximum absolute atomic E-state index is 12.3. The van der Waals surface area contributed by atoms with Crippen LogP contribution in [0.15, 0.2) is 54.6 Å². The maximum atomic E-state index is 12.3. The largest absolute Gasteiger partial charge is 0.445 e. The quantitative estimate of drug-likeness (QED) is 0.788. The third-order valence-corrected chi connectivity index (χ3v) is 4.74. The van der Waals surface area contributed by atoms with E-state index in [1.165, 1.54) is 0 Å². The molecule has 0 saturated heterocycles. The van der Waals surface area contributed by atoms with Gasteiger partial charge in [-0.2, -0.15) is 0 Å². The van der Waals surface area contributed by atoms with E-state index in [-0.39, 0.29) is 18.6 Å². The molecule has 2 amide bonds. The molecule has 154 valence electrons. The normalized spacial score (nSPS) is 17.9. The molecule has 0 radical (unpaired) electrons. The summed E-state index contributed by atoms with van der Waals surface area (Å²) in [6.07, 6.45) is -0.174. The van der Waals surface area contributed by atoms with Crippen molar-refractivity contribution in [3.63, 3.8) is 0 Å². The van der Waals surface area contributed by atoms with E-state index in [1.807, 2.05) is 75.4 Å². The molecule has 0 aromatic heterocycles. The molecule has 1 aliphatic rings. The molecule has 2 atom stereocenters. The minimum atomic E-state index is -0.572. The average Bonchev–Trinajstić information content (AvgIpc) is 3.01. The molecule has 6 heteroatoms. The summed E-state index contributed by atoms with van der Waals surface area (Å²) >= 11 is 0. The van der Waals surface area contributed by atoms with Crippen LogP contribution in [0.4, 0.5) is 9.59 Å². The molecule has 0 bridgehead atoms. The van der Waals surface area contributed by atoms with E-state index in [1.54, 1.807) is 0 Å². The molecular weight excluding hydrogens is 368 g/mol. The molecule has 2 N–H and O–H groups in total. The third-order valence-electron chi connectivity index (χ3n) is 4.74. The van der Waals surface area contributed by atoms with E-state index in [9.17, 15) is 9.59 Å². The minimum Gasteiger partial charge on any atom is -0.445 e. The van der Waals surface area contributed by atoms with Crippen LogP contribution in [0, 0.1) is 5.92 Å². The number of nitrogens with one attached hydrogen (secondary N) is 2. The van der Waals surface area contributed by atoms with Gasteiger partial charge < -0.3 is 20.1 Å². The van der Waals surface area contributed by atoms with Crippen LogP contribution in [0.1, 0.15) is 43.5 Å². The van der Waals surface area contributed by atoms with Crippen LogP contribution < -0.4 is 10.6 Å². The summed E-state index contributed by atoms with van der Waals surface area (Å²) < 4.78 is 10.7. The van der Waals surface area contributed by atoms with Crippen molar-refractivity contribution in [3.8, 4) is 0 Å². The summed E-state index contributed by atoms with van der Waals surface area (Å²) in [5.74, 6) is 0.0178. The maximum Gasteiger partial charge on any atom is 0.408 e. The number of amides is 2. The summed E-state index contributed by atoms with van der Waals surface area (Å²) in [6.45, 7) is 6.10. The Bertz CT molecular complexity index is 845. The zero-order valence-corrected chi connectivity index (χ0v) is 17.1. The molecule has 2 aromatic rings. The van der Waals surface area contributed by atoms with Crippen molar-refractivity contribution in [1.29, 1.82) is 0 Å². The van der Waals surface area contributed by atoms with Crippen molar-refractivity contribution in [2.45, 2.75) is 45.4 Å². The Kier molecular flexibility index (Phi) is 6.42. The van der Waals surface area contributed by atoms with Crippen LogP contribution >= 0.6 is 0 Å². The first-order valence-electron chi connectivity index (χ1n) is 9.84. The van der Waals surface area contributed by atoms with Crippen molar-refractivity contribution in [2.24, 2.45) is 5.92 Å². The Morgan fingerprint density at radius 1 is 1.00 bits per heavy atom. The monoisotopic (exact) mass is 396 g/mol. The first kappa shape index (κ1) is 20.7. The average molecular weight is 396 g/mol. The molecule has 0 fully saturated rings. The molecular formula is C23H28N2O4. The van der Waals surface area contributed by atoms with Gasteiger partial charge >= 0.3 is 12.2 Å². The van der Waals surface area contributed by atoms with E-state index < -0.39 is 17.8 Å². The number of rotatable bonds is 5. The summed E-state index contributed by atoms with van der Waals surface area (Å²) in [7, 11) is 0. The van der Waals surface area contributed by atoms with Crippen LogP contribution in [0.2, 0.25) is 0 Å². The Morgan fingerprint density at radius 3 is 2.41 bits per heavy atom. The zero-order valence-electron chi connectivity index (χ0n) is 17.1. The van der Waals surface area contributed by atoms with Crippen molar-refractivity contribution >= 4 is 12.2 Å². The summed E-state index contributed by atoms with van der Waals surface area (Å²) in [5, 5.41) is 5.80. The van der Waals surface area contributed by atoms with E-state index in [0.717, 1.165) is 23.1 Å². The molecule has 6 nitrogen and oxygen atoms in total. The van der Waals surface area contributed by atoms with Crippen LogP contribution in [0.5, 0.6) is 0 Å². The van der Waals surface area contributed by atoms with Crippen molar-refractivity contribution in [2.75, 3.05) is 6.54 Å². The van der Waals surface area contributed by atoms with Crippen molar-refractivity contribution in [3.05, 3.63) is 71.3 Å². The molecule has 0 saturated carbocycles. The number of alkyl carbamates (subject to hydrolysis) is 2. The Labute approximate surface area is 171 Å². The van der Waals surface area contributed by atoms with Gasteiger partial charge in [-0.1, -0.05) is 54.6 Å². The van der Waals surface area contributed by atoms with Gasteiger partial charge in [-0.15, -0.1) is 0 Å². The smallest absolute Gasteiger partial charge is 0.408 e. The Morgan fingerprint density at radius 2 is 1.69 bits per heavy atom. The fraction of sp³-hybridized carbons (Fsp3) is 0.391. The SMILES string of the molecule is CC(C)(C)OC(=O)N[C@H]1c2ccccc2C[C@@H]1CNC(=O)OCc1ccccc1. The van der Waals surface area contributed by atoms with E-state index in [0.29, 0.717) is 6.54 Å². The lowest BCUT2D eigenvalue weighted by Gasteiger charge is -2.25. The third kappa shape index (κ3) is 5.98. The number of benzene rings is 2. The summed E-state index contributed by atoms with van der Waals surface area (Å²) in [4.78, 5) is 24.4. The van der Waals surface area contributed by atoms with Crippen molar-refractivity contribution < 1.29 is 19.1 Å². The molecule has 2 aromatic carbocycles. The second-order valence-corrected chi connectivity index (χ2v) is 8.23. The highest BCUT2D eigenvalue weighted by Crippen LogP contribution is 2.36. The molecule has 0 spiro atoms. The number of fused-ring (bicyclic) bond motifs is 1. The lowest BCUT2D eigenvalue weighted by atomic mass is 10.0. The molecule has 1 aliphatic carbocycles. The van der Waals surface area contributed by atoms with Gasteiger partial charge in [0.2, 0.25) is 0 Å². The fourth-order valence-electron chi connectivity index (χ4n) is 3.49. The first-order chi connectivity index (χ1) is 13.8. The van der Waals surface area contributed by atoms with Crippen molar-refractivity contribution in [1.82, 2.24) is 10.6 Å². The van der Waals surface area contributed by atoms with Crippen LogP contribution in [-0.4, -0.2) is 24.3 Å². The molecule has 0 aliphatic heterocycles. The van der Waals surface area contributed by atoms with Gasteiger partial charge in [0.05, 0.1) is 6.04 Å². The lowest BCUT2D eigenvalue weighted by molar-refractivity contribution is 0.0489. The number of carbonyl (C=O) groups excluding carboxylic acids is 2. The van der Waals surface area contributed by atoms with Gasteiger partial charge in [-0.3, -0.25) is 0 Å². The predicted octanol–water partition coefficient (Wildman–Crippen LogP) is 4.35. The lowest BCUT2D eigenvalue weighted by Crippen LogP contribution is -2.40. The number of ether oxygens (including phenoxy) is 2. The minimum absolute atomic E-state index is 0.0178. The summed E-state index contributed by atoms with van der Waals surface area (Å²) in [6, 6.07) is 17.3. The molecule has 0 heterocycles. The second-order valence-electron chi connectivity index (χ2n) is 8.23. The van der Waals surface area contributed by atoms with Crippen LogP contribution in [-0.2, 0) is 22.5 Å². The highest BCUT2D eigenvalue weighted by atomic mass is 16.6. The van der Waals surface area contributed by atoms with Crippen LogP contribution in [0.3, 0.4) is 0 Å². The molecule has 3 rings (SSSR count). The highest BCUT2D eigenvalue weighted by molar-refractivity contribution is 5.69. The second kappa shape index (κ2) is 8.99. The van der Waals surface area contributed by atoms with Gasteiger partial charge in [0, 0.05) is 12.5 Å².